The predicted molar refractivity (Wildman–Crippen MR) is 75.2 cm³/mol. The molecule has 0 bridgehead atoms. The second-order valence-electron chi connectivity index (χ2n) is 5.22. The van der Waals surface area contributed by atoms with Gasteiger partial charge in [0, 0.05) is 24.8 Å². The van der Waals surface area contributed by atoms with Crippen LogP contribution in [0.4, 0.5) is 0 Å². The summed E-state index contributed by atoms with van der Waals surface area (Å²) in [5.74, 6) is -1.61. The average molecular weight is 258 g/mol. The number of hydrogen-bond acceptors (Lipinski definition) is 2. The van der Waals surface area contributed by atoms with E-state index in [4.69, 9.17) is 18.4 Å². The summed E-state index contributed by atoms with van der Waals surface area (Å²) in [5, 5.41) is 0. The molecule has 0 N–H and O–H groups in total. The molecule has 0 saturated carbocycles. The van der Waals surface area contributed by atoms with Crippen molar-refractivity contribution in [3.05, 3.63) is 29.3 Å². The van der Waals surface area contributed by atoms with Gasteiger partial charge in [0.25, 0.3) is 0 Å². The van der Waals surface area contributed by atoms with Crippen LogP contribution in [-0.4, -0.2) is 5.97 Å². The SMILES string of the molecule is [2H]c1cc(C(C)(C)C)cc(C(C([2H])([2H])[2H])(C([2H])([2H])[2H])C([2H])([2H])[2H])c1OC(C)=O. The lowest BCUT2D eigenvalue weighted by Gasteiger charge is -2.26. The van der Waals surface area contributed by atoms with Gasteiger partial charge in [-0.15, -0.1) is 0 Å². The van der Waals surface area contributed by atoms with Gasteiger partial charge in [-0.2, -0.15) is 0 Å². The normalized spacial score (nSPS) is 22.7. The van der Waals surface area contributed by atoms with Gasteiger partial charge in [-0.3, -0.25) is 4.79 Å². The smallest absolute Gasteiger partial charge is 0.308 e. The van der Waals surface area contributed by atoms with Crippen molar-refractivity contribution in [2.75, 3.05) is 0 Å². The van der Waals surface area contributed by atoms with Crippen LogP contribution in [0.2, 0.25) is 0 Å². The molecule has 0 amide bonds. The maximum atomic E-state index is 11.5. The number of hydrogen-bond donors (Lipinski definition) is 0. The molecular formula is C16H24O2. The lowest BCUT2D eigenvalue weighted by molar-refractivity contribution is -0.131. The molecule has 0 fully saturated rings. The molecule has 0 atom stereocenters. The Bertz CT molecular complexity index is 715. The fourth-order valence-electron chi connectivity index (χ4n) is 1.42. The van der Waals surface area contributed by atoms with Crippen molar-refractivity contribution in [3.63, 3.8) is 0 Å². The Kier molecular flexibility index (Phi) is 1.52. The van der Waals surface area contributed by atoms with Crippen LogP contribution in [-0.2, 0) is 15.6 Å². The van der Waals surface area contributed by atoms with Crippen LogP contribution in [0.15, 0.2) is 18.2 Å². The monoisotopic (exact) mass is 258 g/mol. The van der Waals surface area contributed by atoms with Gasteiger partial charge in [0.2, 0.25) is 0 Å². The summed E-state index contributed by atoms with van der Waals surface area (Å²) in [6.07, 6.45) is 0. The van der Waals surface area contributed by atoms with Gasteiger partial charge in [0.15, 0.2) is 0 Å². The first-order valence-electron chi connectivity index (χ1n) is 10.5. The summed E-state index contributed by atoms with van der Waals surface area (Å²) in [5.41, 5.74) is -4.41. The molecule has 0 aliphatic rings. The molecular weight excluding hydrogens is 224 g/mol. The molecule has 0 heterocycles. The molecule has 0 saturated heterocycles. The highest BCUT2D eigenvalue weighted by Crippen LogP contribution is 2.35. The van der Waals surface area contributed by atoms with E-state index >= 15 is 0 Å². The first kappa shape index (κ1) is 5.77. The van der Waals surface area contributed by atoms with Crippen LogP contribution in [0.1, 0.15) is 73.1 Å². The van der Waals surface area contributed by atoms with Crippen LogP contribution in [0.25, 0.3) is 0 Å². The molecule has 18 heavy (non-hydrogen) atoms. The number of carbonyl (C=O) groups excluding carboxylic acids is 1. The van der Waals surface area contributed by atoms with Crippen molar-refractivity contribution in [2.45, 2.75) is 59.1 Å². The molecule has 0 radical (unpaired) electrons. The highest BCUT2D eigenvalue weighted by molar-refractivity contribution is 5.70. The summed E-state index contributed by atoms with van der Waals surface area (Å²) < 4.78 is 84.0. The van der Waals surface area contributed by atoms with E-state index < -0.39 is 54.7 Å². The number of benzene rings is 1. The van der Waals surface area contributed by atoms with Gasteiger partial charge in [-0.05, 0) is 22.4 Å². The highest BCUT2D eigenvalue weighted by atomic mass is 16.5. The van der Waals surface area contributed by atoms with E-state index in [1.165, 1.54) is 6.07 Å². The average Bonchev–Trinajstić information content (AvgIpc) is 2.35. The Morgan fingerprint density at radius 1 is 1.28 bits per heavy atom. The van der Waals surface area contributed by atoms with Crippen LogP contribution in [0, 0.1) is 0 Å². The predicted octanol–water partition coefficient (Wildman–Crippen LogP) is 4.21. The second kappa shape index (κ2) is 4.75. The van der Waals surface area contributed by atoms with Crippen molar-refractivity contribution in [2.24, 2.45) is 0 Å². The Labute approximate surface area is 124 Å². The van der Waals surface area contributed by atoms with Crippen molar-refractivity contribution < 1.29 is 23.2 Å². The zero-order valence-corrected chi connectivity index (χ0v) is 11.0. The molecule has 100 valence electrons. The van der Waals surface area contributed by atoms with Crippen molar-refractivity contribution in [1.82, 2.24) is 0 Å². The highest BCUT2D eigenvalue weighted by Gasteiger charge is 2.23. The standard InChI is InChI=1S/C16H24O2/c1-11(17)18-14-9-8-12(15(2,3)4)10-13(14)16(5,6)7/h8-10H,1-7H3/i5D3,6D3,7D3,9D. The van der Waals surface area contributed by atoms with E-state index in [-0.39, 0.29) is 0 Å². The molecule has 1 aromatic rings. The Hall–Kier alpha value is -1.31. The Morgan fingerprint density at radius 2 is 1.89 bits per heavy atom. The summed E-state index contributed by atoms with van der Waals surface area (Å²) in [4.78, 5) is 11.5. The lowest BCUT2D eigenvalue weighted by atomic mass is 9.80. The van der Waals surface area contributed by atoms with Gasteiger partial charge in [-0.25, -0.2) is 0 Å². The van der Waals surface area contributed by atoms with E-state index in [9.17, 15) is 4.79 Å². The summed E-state index contributed by atoms with van der Waals surface area (Å²) in [7, 11) is 0. The van der Waals surface area contributed by atoms with E-state index in [1.54, 1.807) is 20.8 Å². The van der Waals surface area contributed by atoms with E-state index in [0.29, 0.717) is 5.56 Å². The van der Waals surface area contributed by atoms with Gasteiger partial charge in [0.05, 0.1) is 1.37 Å². The van der Waals surface area contributed by atoms with Crippen LogP contribution in [0.3, 0.4) is 0 Å². The largest absolute Gasteiger partial charge is 0.426 e. The minimum atomic E-state index is -3.53. The van der Waals surface area contributed by atoms with Gasteiger partial charge in [-0.1, -0.05) is 53.5 Å². The molecule has 2 heteroatoms. The molecule has 2 nitrogen and oxygen atoms in total. The fourth-order valence-corrected chi connectivity index (χ4v) is 1.42. The third kappa shape index (κ3) is 3.59. The maximum absolute atomic E-state index is 11.5. The number of esters is 1. The molecule has 0 aliphatic carbocycles. The Morgan fingerprint density at radius 3 is 2.33 bits per heavy atom. The second-order valence-corrected chi connectivity index (χ2v) is 5.22. The van der Waals surface area contributed by atoms with Gasteiger partial charge >= 0.3 is 5.97 Å². The Balaban J connectivity index is 4.28. The maximum Gasteiger partial charge on any atom is 0.308 e. The van der Waals surface area contributed by atoms with E-state index in [1.807, 2.05) is 0 Å². The zero-order valence-electron chi connectivity index (χ0n) is 21.0. The van der Waals surface area contributed by atoms with Crippen LogP contribution in [0.5, 0.6) is 5.75 Å². The number of ether oxygens (including phenoxy) is 1. The third-order valence-corrected chi connectivity index (χ3v) is 2.42. The quantitative estimate of drug-likeness (QED) is 0.557. The zero-order chi connectivity index (χ0) is 22.5. The molecule has 1 aromatic carbocycles. The van der Waals surface area contributed by atoms with Crippen LogP contribution < -0.4 is 4.74 Å². The third-order valence-electron chi connectivity index (χ3n) is 2.42. The summed E-state index contributed by atoms with van der Waals surface area (Å²) in [6.45, 7) is -4.39. The minimum Gasteiger partial charge on any atom is -0.426 e. The number of carbonyl (C=O) groups is 1. The topological polar surface area (TPSA) is 26.3 Å². The first-order chi connectivity index (χ1) is 12.2. The molecule has 1 rings (SSSR count). The molecule has 0 unspecified atom stereocenters. The van der Waals surface area contributed by atoms with Crippen molar-refractivity contribution in [3.8, 4) is 5.75 Å². The number of rotatable bonds is 1. The van der Waals surface area contributed by atoms with Crippen molar-refractivity contribution in [1.29, 1.82) is 0 Å². The molecule has 0 spiro atoms. The first-order valence-corrected chi connectivity index (χ1v) is 5.52. The molecule has 0 aromatic heterocycles. The van der Waals surface area contributed by atoms with Gasteiger partial charge in [0.1, 0.15) is 5.75 Å². The lowest BCUT2D eigenvalue weighted by Crippen LogP contribution is -2.18. The van der Waals surface area contributed by atoms with Gasteiger partial charge < -0.3 is 4.74 Å². The fraction of sp³-hybridized carbons (Fsp3) is 0.562. The summed E-state index contributed by atoms with van der Waals surface area (Å²) >= 11 is 0. The van der Waals surface area contributed by atoms with E-state index in [2.05, 4.69) is 0 Å². The van der Waals surface area contributed by atoms with Crippen molar-refractivity contribution >= 4 is 5.97 Å². The summed E-state index contributed by atoms with van der Waals surface area (Å²) in [6, 6.07) is 1.94. The molecule has 0 aliphatic heterocycles. The van der Waals surface area contributed by atoms with Crippen LogP contribution >= 0.6 is 0 Å². The minimum absolute atomic E-state index is 0.338. The van der Waals surface area contributed by atoms with E-state index in [0.717, 1.165) is 13.0 Å².